The molecule has 3 N–H and O–H groups in total. The largest absolute Gasteiger partial charge is 0.395 e. The number of aliphatic hydroxyl groups is 2. The summed E-state index contributed by atoms with van der Waals surface area (Å²) in [5.74, 6) is 0. The Labute approximate surface area is 143 Å². The highest BCUT2D eigenvalue weighted by Crippen LogP contribution is 2.23. The quantitative estimate of drug-likeness (QED) is 0.647. The van der Waals surface area contributed by atoms with E-state index >= 15 is 0 Å². The van der Waals surface area contributed by atoms with Crippen molar-refractivity contribution in [2.45, 2.75) is 25.3 Å². The molecule has 0 spiro atoms. The van der Waals surface area contributed by atoms with E-state index in [9.17, 15) is 4.79 Å². The third-order valence-corrected chi connectivity index (χ3v) is 4.37. The van der Waals surface area contributed by atoms with Crippen molar-refractivity contribution in [3.8, 4) is 0 Å². The van der Waals surface area contributed by atoms with Crippen LogP contribution in [0.25, 0.3) is 0 Å². The second-order valence-electron chi connectivity index (χ2n) is 6.02. The van der Waals surface area contributed by atoms with E-state index in [0.29, 0.717) is 6.54 Å². The van der Waals surface area contributed by atoms with Crippen LogP contribution in [-0.4, -0.2) is 77.0 Å². The van der Waals surface area contributed by atoms with E-state index in [1.165, 1.54) is 24.2 Å². The fourth-order valence-corrected chi connectivity index (χ4v) is 3.11. The number of hydrogen-bond acceptors (Lipinski definition) is 5. The summed E-state index contributed by atoms with van der Waals surface area (Å²) in [5, 5.41) is 21.0. The van der Waals surface area contributed by atoms with Gasteiger partial charge in [-0.15, -0.1) is 0 Å². The van der Waals surface area contributed by atoms with Gasteiger partial charge in [0.25, 0.3) is 0 Å². The fraction of sp³-hybridized carbons (Fsp3) is 0.647. The number of urea groups is 1. The van der Waals surface area contributed by atoms with Crippen LogP contribution in [0.2, 0.25) is 0 Å². The van der Waals surface area contributed by atoms with Gasteiger partial charge in [0.15, 0.2) is 0 Å². The van der Waals surface area contributed by atoms with Crippen molar-refractivity contribution >= 4 is 6.03 Å². The molecule has 7 heteroatoms. The molecule has 0 saturated carbocycles. The van der Waals surface area contributed by atoms with Crippen molar-refractivity contribution in [3.63, 3.8) is 0 Å². The lowest BCUT2D eigenvalue weighted by Gasteiger charge is -2.35. The number of amides is 2. The highest BCUT2D eigenvalue weighted by atomic mass is 16.3. The lowest BCUT2D eigenvalue weighted by Crippen LogP contribution is -2.47. The molecule has 7 nitrogen and oxygen atoms in total. The van der Waals surface area contributed by atoms with Gasteiger partial charge in [-0.1, -0.05) is 12.5 Å². The molecule has 0 bridgehead atoms. The maximum Gasteiger partial charge on any atom is 0.317 e. The zero-order chi connectivity index (χ0) is 17.2. The molecule has 2 amide bonds. The second kappa shape index (κ2) is 10.2. The Morgan fingerprint density at radius 1 is 1.25 bits per heavy atom. The van der Waals surface area contributed by atoms with Gasteiger partial charge in [-0.3, -0.25) is 9.88 Å². The smallest absolute Gasteiger partial charge is 0.317 e. The average molecular weight is 336 g/mol. The van der Waals surface area contributed by atoms with Gasteiger partial charge in [-0.25, -0.2) is 4.79 Å². The number of aliphatic hydroxyl groups excluding tert-OH is 2. The molecule has 2 heterocycles. The lowest BCUT2D eigenvalue weighted by molar-refractivity contribution is 0.143. The van der Waals surface area contributed by atoms with Gasteiger partial charge in [0, 0.05) is 32.0 Å². The predicted octanol–water partition coefficient (Wildman–Crippen LogP) is 0.605. The van der Waals surface area contributed by atoms with Crippen LogP contribution in [0, 0.1) is 0 Å². The first-order valence-corrected chi connectivity index (χ1v) is 8.64. The van der Waals surface area contributed by atoms with Gasteiger partial charge in [-0.2, -0.15) is 0 Å². The number of piperidine rings is 1. The van der Waals surface area contributed by atoms with Gasteiger partial charge < -0.3 is 20.4 Å². The Kier molecular flexibility index (Phi) is 7.94. The van der Waals surface area contributed by atoms with E-state index in [1.54, 1.807) is 6.20 Å². The number of hydrogen-bond donors (Lipinski definition) is 3. The van der Waals surface area contributed by atoms with Gasteiger partial charge >= 0.3 is 6.03 Å². The van der Waals surface area contributed by atoms with E-state index in [-0.39, 0.29) is 38.4 Å². The van der Waals surface area contributed by atoms with Gasteiger partial charge in [-0.05, 0) is 37.6 Å². The molecule has 1 aliphatic heterocycles. The van der Waals surface area contributed by atoms with Crippen molar-refractivity contribution < 1.29 is 15.0 Å². The minimum absolute atomic E-state index is 0.0908. The van der Waals surface area contributed by atoms with E-state index in [4.69, 9.17) is 10.2 Å². The Morgan fingerprint density at radius 3 is 2.54 bits per heavy atom. The van der Waals surface area contributed by atoms with Gasteiger partial charge in [0.2, 0.25) is 0 Å². The molecule has 0 radical (unpaired) electrons. The zero-order valence-electron chi connectivity index (χ0n) is 14.1. The van der Waals surface area contributed by atoms with Crippen molar-refractivity contribution in [1.29, 1.82) is 0 Å². The molecule has 2 rings (SSSR count). The molecule has 1 aromatic heterocycles. The van der Waals surface area contributed by atoms with Crippen LogP contribution in [-0.2, 0) is 0 Å². The molecule has 1 saturated heterocycles. The Bertz CT molecular complexity index is 474. The van der Waals surface area contributed by atoms with Crippen molar-refractivity contribution in [2.24, 2.45) is 0 Å². The fourth-order valence-electron chi connectivity index (χ4n) is 3.11. The van der Waals surface area contributed by atoms with Crippen LogP contribution in [0.4, 0.5) is 4.79 Å². The topological polar surface area (TPSA) is 88.9 Å². The molecule has 0 aliphatic carbocycles. The summed E-state index contributed by atoms with van der Waals surface area (Å²) in [6.07, 6.45) is 7.20. The Hall–Kier alpha value is -1.70. The number of rotatable bonds is 8. The summed E-state index contributed by atoms with van der Waals surface area (Å²) in [6.45, 7) is 2.72. The van der Waals surface area contributed by atoms with E-state index in [1.807, 2.05) is 18.3 Å². The van der Waals surface area contributed by atoms with Gasteiger partial charge in [0.1, 0.15) is 0 Å². The maximum atomic E-state index is 12.3. The number of aromatic nitrogens is 1. The molecule has 1 fully saturated rings. The highest BCUT2D eigenvalue weighted by Gasteiger charge is 2.23. The van der Waals surface area contributed by atoms with Crippen LogP contribution in [0.3, 0.4) is 0 Å². The predicted molar refractivity (Wildman–Crippen MR) is 91.5 cm³/mol. The standard InChI is InChI=1S/C17H28N4O3/c22-11-9-21(10-12-23)17(24)19-14-16(15-5-4-6-18-13-15)20-7-2-1-3-8-20/h4-6,13,16,22-23H,1-3,7-12,14H2,(H,19,24). The SMILES string of the molecule is O=C(NCC(c1cccnc1)N1CCCCC1)N(CCO)CCO. The molecule has 1 aromatic rings. The number of carbonyl (C=O) groups excluding carboxylic acids is 1. The molecule has 1 unspecified atom stereocenters. The molecule has 0 aromatic carbocycles. The number of pyridine rings is 1. The third kappa shape index (κ3) is 5.43. The molecule has 134 valence electrons. The first kappa shape index (κ1) is 18.6. The first-order chi connectivity index (χ1) is 11.8. The van der Waals surface area contributed by atoms with Crippen molar-refractivity contribution in [1.82, 2.24) is 20.1 Å². The summed E-state index contributed by atoms with van der Waals surface area (Å²) >= 11 is 0. The van der Waals surface area contributed by atoms with Crippen molar-refractivity contribution in [2.75, 3.05) is 45.9 Å². The van der Waals surface area contributed by atoms with Crippen molar-refractivity contribution in [3.05, 3.63) is 30.1 Å². The number of nitrogens with one attached hydrogen (secondary N) is 1. The van der Waals surface area contributed by atoms with E-state index in [0.717, 1.165) is 18.7 Å². The Morgan fingerprint density at radius 2 is 1.96 bits per heavy atom. The molecule has 1 aliphatic rings. The monoisotopic (exact) mass is 336 g/mol. The van der Waals surface area contributed by atoms with Crippen LogP contribution >= 0.6 is 0 Å². The normalized spacial score (nSPS) is 16.6. The molecule has 24 heavy (non-hydrogen) atoms. The summed E-state index contributed by atoms with van der Waals surface area (Å²) < 4.78 is 0. The molecular formula is C17H28N4O3. The third-order valence-electron chi connectivity index (χ3n) is 4.37. The highest BCUT2D eigenvalue weighted by molar-refractivity contribution is 5.74. The molecular weight excluding hydrogens is 308 g/mol. The Balaban J connectivity index is 2.01. The first-order valence-electron chi connectivity index (χ1n) is 8.64. The molecule has 1 atom stereocenters. The van der Waals surface area contributed by atoms with Gasteiger partial charge in [0.05, 0.1) is 19.3 Å². The number of carbonyl (C=O) groups is 1. The van der Waals surface area contributed by atoms with E-state index in [2.05, 4.69) is 15.2 Å². The summed E-state index contributed by atoms with van der Waals surface area (Å²) in [5.41, 5.74) is 1.09. The summed E-state index contributed by atoms with van der Waals surface area (Å²) in [6, 6.07) is 3.78. The average Bonchev–Trinajstić information content (AvgIpc) is 2.63. The van der Waals surface area contributed by atoms with Crippen LogP contribution in [0.1, 0.15) is 30.9 Å². The second-order valence-corrected chi connectivity index (χ2v) is 6.02. The van der Waals surface area contributed by atoms with E-state index < -0.39 is 0 Å². The van der Waals surface area contributed by atoms with Crippen LogP contribution in [0.15, 0.2) is 24.5 Å². The number of nitrogens with zero attached hydrogens (tertiary/aromatic N) is 3. The minimum Gasteiger partial charge on any atom is -0.395 e. The summed E-state index contributed by atoms with van der Waals surface area (Å²) in [7, 11) is 0. The summed E-state index contributed by atoms with van der Waals surface area (Å²) in [4.78, 5) is 20.3. The van der Waals surface area contributed by atoms with Crippen LogP contribution in [0.5, 0.6) is 0 Å². The minimum atomic E-state index is -0.260. The zero-order valence-corrected chi connectivity index (χ0v) is 14.1. The van der Waals surface area contributed by atoms with Crippen LogP contribution < -0.4 is 5.32 Å². The lowest BCUT2D eigenvalue weighted by atomic mass is 10.0. The maximum absolute atomic E-state index is 12.3. The number of likely N-dealkylation sites (tertiary alicyclic amines) is 1.